The van der Waals surface area contributed by atoms with E-state index in [-0.39, 0.29) is 37.0 Å². The first kappa shape index (κ1) is 32.1. The summed E-state index contributed by atoms with van der Waals surface area (Å²) in [5.74, 6) is -0.453. The summed E-state index contributed by atoms with van der Waals surface area (Å²) in [5, 5.41) is 21.0. The minimum Gasteiger partial charge on any atom is -0.392 e. The first-order valence-corrected chi connectivity index (χ1v) is 15.1. The molecule has 0 aromatic heterocycles. The van der Waals surface area contributed by atoms with Crippen LogP contribution in [0.2, 0.25) is 0 Å². The van der Waals surface area contributed by atoms with Gasteiger partial charge in [0.2, 0.25) is 11.8 Å². The van der Waals surface area contributed by atoms with Gasteiger partial charge < -0.3 is 24.6 Å². The van der Waals surface area contributed by atoms with Gasteiger partial charge in [-0.05, 0) is 55.5 Å². The molecule has 2 aromatic rings. The number of benzene rings is 2. The average Bonchev–Trinajstić information content (AvgIpc) is 3.45. The molecule has 2 heterocycles. The molecule has 0 spiro atoms. The van der Waals surface area contributed by atoms with Crippen LogP contribution in [0.4, 0.5) is 5.69 Å². The Kier molecular flexibility index (Phi) is 12.7. The Balaban J connectivity index is 1.39. The van der Waals surface area contributed by atoms with Crippen LogP contribution in [-0.4, -0.2) is 66.0 Å². The van der Waals surface area contributed by atoms with Crippen molar-refractivity contribution in [3.8, 4) is 0 Å². The Bertz CT molecular complexity index is 1130. The number of carbonyl (C=O) groups excluding carboxylic acids is 2. The van der Waals surface area contributed by atoms with Crippen molar-refractivity contribution >= 4 is 17.5 Å². The molecule has 230 valence electrons. The second kappa shape index (κ2) is 16.7. The molecular weight excluding hydrogens is 538 g/mol. The Morgan fingerprint density at radius 3 is 2.48 bits per heavy atom. The van der Waals surface area contributed by atoms with Crippen molar-refractivity contribution < 1.29 is 34.1 Å². The normalized spacial score (nSPS) is 22.6. The number of methoxy groups -OCH3 is 1. The van der Waals surface area contributed by atoms with Crippen LogP contribution in [0.5, 0.6) is 0 Å². The second-order valence-corrected chi connectivity index (χ2v) is 11.2. The summed E-state index contributed by atoms with van der Waals surface area (Å²) in [5.41, 5.74) is 5.06. The summed E-state index contributed by atoms with van der Waals surface area (Å²) in [6, 6.07) is 15.9. The first-order valence-electron chi connectivity index (χ1n) is 15.1. The van der Waals surface area contributed by atoms with Crippen LogP contribution in [0.1, 0.15) is 86.9 Å². The molecule has 10 heteroatoms. The second-order valence-electron chi connectivity index (χ2n) is 11.2. The number of likely N-dealkylation sites (tertiary alicyclic amines) is 1. The molecule has 2 saturated heterocycles. The zero-order chi connectivity index (χ0) is 29.7. The van der Waals surface area contributed by atoms with Crippen molar-refractivity contribution in [1.29, 1.82) is 0 Å². The lowest BCUT2D eigenvalue weighted by Crippen LogP contribution is -2.42. The third-order valence-electron chi connectivity index (χ3n) is 8.04. The molecule has 0 aliphatic carbocycles. The molecule has 2 fully saturated rings. The number of aliphatic hydroxyl groups excluding tert-OH is 1. The fourth-order valence-corrected chi connectivity index (χ4v) is 5.78. The summed E-state index contributed by atoms with van der Waals surface area (Å²) in [6.45, 7) is 2.52. The molecule has 0 bridgehead atoms. The monoisotopic (exact) mass is 583 g/mol. The number of ether oxygens (including phenoxy) is 3. The van der Waals surface area contributed by atoms with E-state index in [9.17, 15) is 14.7 Å². The number of nitrogens with zero attached hydrogens (tertiary/aromatic N) is 1. The predicted octanol–water partition coefficient (Wildman–Crippen LogP) is 4.62. The molecule has 42 heavy (non-hydrogen) atoms. The number of unbranched alkanes of at least 4 members (excludes halogenated alkanes) is 3. The Morgan fingerprint density at radius 2 is 1.76 bits per heavy atom. The Labute approximate surface area is 248 Å². The van der Waals surface area contributed by atoms with Gasteiger partial charge in [-0.1, -0.05) is 49.2 Å². The number of hydroxylamine groups is 1. The molecule has 10 nitrogen and oxygen atoms in total. The van der Waals surface area contributed by atoms with Crippen molar-refractivity contribution in [2.45, 2.75) is 88.9 Å². The van der Waals surface area contributed by atoms with Crippen LogP contribution in [0.25, 0.3) is 0 Å². The van der Waals surface area contributed by atoms with Crippen molar-refractivity contribution in [2.24, 2.45) is 0 Å². The number of nitrogens with one attached hydrogen (secondary N) is 2. The van der Waals surface area contributed by atoms with Gasteiger partial charge in [-0.3, -0.25) is 19.7 Å². The largest absolute Gasteiger partial charge is 0.392 e. The van der Waals surface area contributed by atoms with Crippen LogP contribution < -0.4 is 10.8 Å². The fourth-order valence-electron chi connectivity index (χ4n) is 5.78. The molecule has 0 saturated carbocycles. The number of hydrogen-bond acceptors (Lipinski definition) is 8. The summed E-state index contributed by atoms with van der Waals surface area (Å²) < 4.78 is 18.5. The third-order valence-corrected chi connectivity index (χ3v) is 8.04. The van der Waals surface area contributed by atoms with E-state index in [1.165, 1.54) is 0 Å². The van der Waals surface area contributed by atoms with Gasteiger partial charge in [-0.25, -0.2) is 5.48 Å². The number of amides is 2. The zero-order valence-electron chi connectivity index (χ0n) is 24.5. The maximum atomic E-state index is 12.6. The zero-order valence-corrected chi connectivity index (χ0v) is 24.5. The van der Waals surface area contributed by atoms with E-state index in [4.69, 9.17) is 19.4 Å². The van der Waals surface area contributed by atoms with Crippen LogP contribution in [-0.2, 0) is 30.4 Å². The van der Waals surface area contributed by atoms with Gasteiger partial charge in [0.15, 0.2) is 6.29 Å². The summed E-state index contributed by atoms with van der Waals surface area (Å²) >= 11 is 0. The van der Waals surface area contributed by atoms with Crippen LogP contribution >= 0.6 is 0 Å². The van der Waals surface area contributed by atoms with E-state index < -0.39 is 6.29 Å². The van der Waals surface area contributed by atoms with E-state index in [1.807, 2.05) is 48.5 Å². The topological polar surface area (TPSA) is 130 Å². The van der Waals surface area contributed by atoms with Crippen LogP contribution in [0, 0.1) is 0 Å². The van der Waals surface area contributed by atoms with Crippen molar-refractivity contribution in [2.75, 3.05) is 32.1 Å². The standard InChI is InChI=1S/C32H45N3O7/c1-40-22-27-10-7-17-35(27)20-28-19-29(24-15-13-23(21-36)14-16-24)42-32(41-28)25-8-6-9-26(18-25)33-30(37)11-4-2-3-5-12-31(38)34-39/h6,8-9,13-16,18,27-29,32,36,39H,2-5,7,10-12,17,19-22H2,1H3,(H,33,37)(H,34,38). The average molecular weight is 584 g/mol. The van der Waals surface area contributed by atoms with Crippen molar-refractivity contribution in [3.63, 3.8) is 0 Å². The maximum Gasteiger partial charge on any atom is 0.243 e. The molecule has 4 rings (SSSR count). The highest BCUT2D eigenvalue weighted by Crippen LogP contribution is 2.39. The highest BCUT2D eigenvalue weighted by molar-refractivity contribution is 5.90. The minimum atomic E-state index is -0.595. The molecule has 4 N–H and O–H groups in total. The lowest BCUT2D eigenvalue weighted by molar-refractivity contribution is -0.253. The third kappa shape index (κ3) is 9.58. The van der Waals surface area contributed by atoms with E-state index in [0.717, 1.165) is 61.9 Å². The van der Waals surface area contributed by atoms with Crippen LogP contribution in [0.3, 0.4) is 0 Å². The summed E-state index contributed by atoms with van der Waals surface area (Å²) in [7, 11) is 1.75. The molecule has 0 radical (unpaired) electrons. The van der Waals surface area contributed by atoms with E-state index in [1.54, 1.807) is 12.6 Å². The molecule has 2 aliphatic rings. The van der Waals surface area contributed by atoms with E-state index >= 15 is 0 Å². The van der Waals surface area contributed by atoms with Gasteiger partial charge >= 0.3 is 0 Å². The smallest absolute Gasteiger partial charge is 0.243 e. The number of rotatable bonds is 15. The molecule has 4 unspecified atom stereocenters. The van der Waals surface area contributed by atoms with Gasteiger partial charge in [-0.15, -0.1) is 0 Å². The summed E-state index contributed by atoms with van der Waals surface area (Å²) in [4.78, 5) is 26.1. The number of hydrogen-bond donors (Lipinski definition) is 4. The minimum absolute atomic E-state index is 0.00211. The lowest BCUT2D eigenvalue weighted by atomic mass is 9.99. The van der Waals surface area contributed by atoms with Gasteiger partial charge in [0.1, 0.15) is 0 Å². The lowest BCUT2D eigenvalue weighted by Gasteiger charge is -2.39. The maximum absolute atomic E-state index is 12.6. The Morgan fingerprint density at radius 1 is 1.00 bits per heavy atom. The first-order chi connectivity index (χ1) is 20.5. The Hall–Kier alpha value is -2.86. The van der Waals surface area contributed by atoms with Gasteiger partial charge in [0.05, 0.1) is 25.4 Å². The van der Waals surface area contributed by atoms with Crippen molar-refractivity contribution in [3.05, 3.63) is 65.2 Å². The number of aliphatic hydroxyl groups is 1. The van der Waals surface area contributed by atoms with Crippen LogP contribution in [0.15, 0.2) is 48.5 Å². The van der Waals surface area contributed by atoms with Gasteiger partial charge in [0, 0.05) is 50.2 Å². The van der Waals surface area contributed by atoms with E-state index in [2.05, 4.69) is 10.2 Å². The SMILES string of the molecule is COCC1CCCN1CC1CC(c2ccc(CO)cc2)OC(c2cccc(NC(=O)CCCCCCC(=O)NO)c2)O1. The van der Waals surface area contributed by atoms with Gasteiger partial charge in [0.25, 0.3) is 0 Å². The number of anilines is 1. The molecular formula is C32H45N3O7. The van der Waals surface area contributed by atoms with Crippen molar-refractivity contribution in [1.82, 2.24) is 10.4 Å². The van der Waals surface area contributed by atoms with Gasteiger partial charge in [-0.2, -0.15) is 0 Å². The highest BCUT2D eigenvalue weighted by atomic mass is 16.7. The van der Waals surface area contributed by atoms with E-state index in [0.29, 0.717) is 37.6 Å². The highest BCUT2D eigenvalue weighted by Gasteiger charge is 2.35. The fraction of sp³-hybridized carbons (Fsp3) is 0.562. The predicted molar refractivity (Wildman–Crippen MR) is 158 cm³/mol. The molecule has 2 amide bonds. The summed E-state index contributed by atoms with van der Waals surface area (Å²) in [6.07, 6.45) is 5.88. The quantitative estimate of drug-likeness (QED) is 0.136. The molecule has 2 aromatic carbocycles. The molecule has 4 atom stereocenters. The number of carbonyl (C=O) groups is 2. The molecule has 2 aliphatic heterocycles.